The maximum absolute atomic E-state index is 5.22. The van der Waals surface area contributed by atoms with Crippen molar-refractivity contribution in [3.8, 4) is 89.9 Å². The maximum Gasteiger partial charge on any atom is 0.164 e. The summed E-state index contributed by atoms with van der Waals surface area (Å²) in [6.07, 6.45) is 0. The van der Waals surface area contributed by atoms with Crippen molar-refractivity contribution >= 4 is 21.7 Å². The Morgan fingerprint density at radius 2 is 0.613 bits per heavy atom. The summed E-state index contributed by atoms with van der Waals surface area (Å²) in [6.45, 7) is 0. The van der Waals surface area contributed by atoms with Gasteiger partial charge in [-0.05, 0) is 74.2 Å². The van der Waals surface area contributed by atoms with E-state index in [1.54, 1.807) is 0 Å². The highest BCUT2D eigenvalue weighted by molar-refractivity contribution is 6.16. The summed E-state index contributed by atoms with van der Waals surface area (Å²) in [5.74, 6) is 1.87. The SMILES string of the molecule is c1ccc(-c2cc(-c3ccccc3)cc(-c3nc(-c4ccccc4)nc(-c4ccc(-c5ccc(-c6cccc7nc(-c8ccccc8)c8ccccc8c67)cc5)cc4)n3)c2)cc1. The van der Waals surface area contributed by atoms with Crippen LogP contribution in [0.25, 0.3) is 112 Å². The van der Waals surface area contributed by atoms with Gasteiger partial charge in [0.25, 0.3) is 0 Å². The lowest BCUT2D eigenvalue weighted by Gasteiger charge is -2.14. The van der Waals surface area contributed by atoms with Gasteiger partial charge >= 0.3 is 0 Å². The molecule has 11 rings (SSSR count). The lowest BCUT2D eigenvalue weighted by Crippen LogP contribution is -2.00. The van der Waals surface area contributed by atoms with Crippen molar-refractivity contribution in [2.75, 3.05) is 0 Å². The molecule has 0 fully saturated rings. The number of nitrogens with zero attached hydrogens (tertiary/aromatic N) is 4. The average Bonchev–Trinajstić information content (AvgIpc) is 3.37. The summed E-state index contributed by atoms with van der Waals surface area (Å²) in [5.41, 5.74) is 14.9. The highest BCUT2D eigenvalue weighted by atomic mass is 15.0. The van der Waals surface area contributed by atoms with Gasteiger partial charge in [-0.25, -0.2) is 19.9 Å². The fourth-order valence-electron chi connectivity index (χ4n) is 8.42. The van der Waals surface area contributed by atoms with Crippen molar-refractivity contribution in [3.05, 3.63) is 231 Å². The molecule has 0 saturated heterocycles. The minimum atomic E-state index is 0.620. The molecule has 0 amide bonds. The molecule has 0 aliphatic rings. The Morgan fingerprint density at radius 1 is 0.226 bits per heavy atom. The Kier molecular flexibility index (Phi) is 9.49. The molecule has 2 aromatic heterocycles. The van der Waals surface area contributed by atoms with Crippen LogP contribution in [0.15, 0.2) is 231 Å². The van der Waals surface area contributed by atoms with Gasteiger partial charge in [0.2, 0.25) is 0 Å². The second kappa shape index (κ2) is 16.0. The molecular formula is C58H38N4. The zero-order valence-electron chi connectivity index (χ0n) is 33.7. The summed E-state index contributed by atoms with van der Waals surface area (Å²) in [4.78, 5) is 20.5. The third-order valence-electron chi connectivity index (χ3n) is 11.5. The van der Waals surface area contributed by atoms with Crippen LogP contribution in [-0.4, -0.2) is 19.9 Å². The van der Waals surface area contributed by atoms with Crippen LogP contribution in [0.5, 0.6) is 0 Å². The van der Waals surface area contributed by atoms with E-state index in [0.717, 1.165) is 88.7 Å². The Bertz CT molecular complexity index is 3290. The number of hydrogen-bond donors (Lipinski definition) is 0. The van der Waals surface area contributed by atoms with Crippen molar-refractivity contribution in [2.45, 2.75) is 0 Å². The number of fused-ring (bicyclic) bond motifs is 3. The smallest absolute Gasteiger partial charge is 0.164 e. The number of benzene rings is 9. The van der Waals surface area contributed by atoms with Gasteiger partial charge in [0.05, 0.1) is 11.2 Å². The minimum Gasteiger partial charge on any atom is -0.247 e. The summed E-state index contributed by atoms with van der Waals surface area (Å²) in [7, 11) is 0. The summed E-state index contributed by atoms with van der Waals surface area (Å²) in [5, 5.41) is 3.51. The van der Waals surface area contributed by atoms with E-state index in [0.29, 0.717) is 17.5 Å². The molecular weight excluding hydrogens is 753 g/mol. The second-order valence-corrected chi connectivity index (χ2v) is 15.4. The Balaban J connectivity index is 0.956. The molecule has 0 N–H and O–H groups in total. The molecule has 4 heteroatoms. The highest BCUT2D eigenvalue weighted by Crippen LogP contribution is 2.39. The van der Waals surface area contributed by atoms with E-state index in [9.17, 15) is 0 Å². The van der Waals surface area contributed by atoms with Crippen LogP contribution in [0, 0.1) is 0 Å². The predicted molar refractivity (Wildman–Crippen MR) is 256 cm³/mol. The van der Waals surface area contributed by atoms with Gasteiger partial charge in [-0.2, -0.15) is 0 Å². The van der Waals surface area contributed by atoms with Crippen LogP contribution in [-0.2, 0) is 0 Å². The summed E-state index contributed by atoms with van der Waals surface area (Å²) >= 11 is 0. The van der Waals surface area contributed by atoms with Crippen molar-refractivity contribution in [3.63, 3.8) is 0 Å². The molecule has 0 aliphatic carbocycles. The van der Waals surface area contributed by atoms with Gasteiger partial charge in [-0.1, -0.05) is 206 Å². The topological polar surface area (TPSA) is 51.6 Å². The van der Waals surface area contributed by atoms with E-state index in [2.05, 4.69) is 182 Å². The zero-order valence-corrected chi connectivity index (χ0v) is 33.7. The first-order chi connectivity index (χ1) is 30.7. The van der Waals surface area contributed by atoms with E-state index in [4.69, 9.17) is 19.9 Å². The zero-order chi connectivity index (χ0) is 41.2. The molecule has 0 radical (unpaired) electrons. The van der Waals surface area contributed by atoms with E-state index in [-0.39, 0.29) is 0 Å². The van der Waals surface area contributed by atoms with Gasteiger partial charge in [-0.15, -0.1) is 0 Å². The molecule has 0 aliphatic heterocycles. The van der Waals surface area contributed by atoms with Crippen LogP contribution in [0.1, 0.15) is 0 Å². The fourth-order valence-corrected chi connectivity index (χ4v) is 8.42. The Hall–Kier alpha value is -8.34. The normalized spacial score (nSPS) is 11.2. The van der Waals surface area contributed by atoms with Crippen LogP contribution in [0.2, 0.25) is 0 Å². The first-order valence-corrected chi connectivity index (χ1v) is 20.9. The summed E-state index contributed by atoms with van der Waals surface area (Å²) in [6, 6.07) is 80.5. The molecule has 0 bridgehead atoms. The standard InChI is InChI=1S/C58H38N4/c1-5-16-39(17-6-1)47-36-48(40-18-7-2-8-19-40)38-49(37-47)58-61-56(45-22-11-4-12-23-45)60-57(62-58)46-34-30-42(31-35-46)41-28-32-43(33-29-41)50-26-15-27-53-54(50)51-24-13-14-25-52(51)55(59-53)44-20-9-3-10-21-44/h1-38H. The molecule has 9 aromatic carbocycles. The number of rotatable bonds is 8. The average molecular weight is 791 g/mol. The van der Waals surface area contributed by atoms with E-state index < -0.39 is 0 Å². The molecule has 0 unspecified atom stereocenters. The molecule has 0 spiro atoms. The molecule has 0 atom stereocenters. The van der Waals surface area contributed by atoms with E-state index in [1.807, 2.05) is 48.5 Å². The van der Waals surface area contributed by atoms with Crippen molar-refractivity contribution in [2.24, 2.45) is 0 Å². The third-order valence-corrected chi connectivity index (χ3v) is 11.5. The highest BCUT2D eigenvalue weighted by Gasteiger charge is 2.17. The molecule has 62 heavy (non-hydrogen) atoms. The monoisotopic (exact) mass is 790 g/mol. The van der Waals surface area contributed by atoms with Crippen molar-refractivity contribution < 1.29 is 0 Å². The second-order valence-electron chi connectivity index (χ2n) is 15.4. The van der Waals surface area contributed by atoms with Crippen LogP contribution in [0.3, 0.4) is 0 Å². The van der Waals surface area contributed by atoms with Crippen molar-refractivity contribution in [1.29, 1.82) is 0 Å². The quantitative estimate of drug-likeness (QED) is 0.144. The molecule has 0 saturated carbocycles. The fraction of sp³-hybridized carbons (Fsp3) is 0. The van der Waals surface area contributed by atoms with Gasteiger partial charge in [-0.3, -0.25) is 0 Å². The maximum atomic E-state index is 5.22. The van der Waals surface area contributed by atoms with Gasteiger partial charge in [0.15, 0.2) is 17.5 Å². The number of aromatic nitrogens is 4. The number of hydrogen-bond acceptors (Lipinski definition) is 4. The molecule has 11 aromatic rings. The van der Waals surface area contributed by atoms with Crippen molar-refractivity contribution in [1.82, 2.24) is 19.9 Å². The van der Waals surface area contributed by atoms with Crippen LogP contribution < -0.4 is 0 Å². The lowest BCUT2D eigenvalue weighted by molar-refractivity contribution is 1.07. The van der Waals surface area contributed by atoms with Gasteiger partial charge in [0, 0.05) is 33.0 Å². The summed E-state index contributed by atoms with van der Waals surface area (Å²) < 4.78 is 0. The number of pyridine rings is 1. The molecule has 4 nitrogen and oxygen atoms in total. The van der Waals surface area contributed by atoms with Crippen LogP contribution >= 0.6 is 0 Å². The van der Waals surface area contributed by atoms with Crippen LogP contribution in [0.4, 0.5) is 0 Å². The van der Waals surface area contributed by atoms with Gasteiger partial charge in [0.1, 0.15) is 0 Å². The largest absolute Gasteiger partial charge is 0.247 e. The van der Waals surface area contributed by atoms with E-state index >= 15 is 0 Å². The first-order valence-electron chi connectivity index (χ1n) is 20.9. The molecule has 290 valence electrons. The first kappa shape index (κ1) is 36.7. The lowest BCUT2D eigenvalue weighted by atomic mass is 9.93. The van der Waals surface area contributed by atoms with E-state index in [1.165, 1.54) is 5.39 Å². The Morgan fingerprint density at radius 3 is 1.16 bits per heavy atom. The Labute approximate surface area is 360 Å². The predicted octanol–water partition coefficient (Wildman–Crippen LogP) is 14.9. The molecule has 2 heterocycles. The minimum absolute atomic E-state index is 0.620. The third kappa shape index (κ3) is 7.10. The van der Waals surface area contributed by atoms with Gasteiger partial charge < -0.3 is 0 Å².